The number of para-hydroxylation sites is 1. The van der Waals surface area contributed by atoms with Gasteiger partial charge < -0.3 is 9.47 Å². The molecule has 3 aromatic rings. The van der Waals surface area contributed by atoms with E-state index in [0.29, 0.717) is 6.61 Å². The quantitative estimate of drug-likeness (QED) is 0.625. The maximum absolute atomic E-state index is 5.79. The summed E-state index contributed by atoms with van der Waals surface area (Å²) in [6, 6.07) is 19.6. The van der Waals surface area contributed by atoms with Crippen LogP contribution in [0.5, 0.6) is 17.2 Å². The van der Waals surface area contributed by atoms with Gasteiger partial charge in [0.1, 0.15) is 23.9 Å². The van der Waals surface area contributed by atoms with Crippen LogP contribution in [-0.2, 0) is 6.61 Å². The van der Waals surface area contributed by atoms with E-state index in [1.54, 1.807) is 11.3 Å². The highest BCUT2D eigenvalue weighted by molar-refractivity contribution is 7.10. The Morgan fingerprint density at radius 2 is 1.48 bits per heavy atom. The van der Waals surface area contributed by atoms with Crippen LogP contribution < -0.4 is 9.47 Å². The van der Waals surface area contributed by atoms with Crippen molar-refractivity contribution in [3.63, 3.8) is 0 Å². The molecule has 0 N–H and O–H groups in total. The van der Waals surface area contributed by atoms with Gasteiger partial charge in [0.05, 0.1) is 0 Å². The van der Waals surface area contributed by atoms with Crippen LogP contribution in [0.25, 0.3) is 0 Å². The van der Waals surface area contributed by atoms with Crippen LogP contribution >= 0.6 is 11.3 Å². The summed E-state index contributed by atoms with van der Waals surface area (Å²) < 4.78 is 11.5. The SMILES string of the molecule is Cc1ccsc1COc1ccc(Oc2ccccc2)cc1. The minimum Gasteiger partial charge on any atom is -0.488 e. The highest BCUT2D eigenvalue weighted by atomic mass is 32.1. The van der Waals surface area contributed by atoms with E-state index in [4.69, 9.17) is 9.47 Å². The van der Waals surface area contributed by atoms with Crippen molar-refractivity contribution in [2.75, 3.05) is 0 Å². The fourth-order valence-electron chi connectivity index (χ4n) is 1.93. The van der Waals surface area contributed by atoms with E-state index in [2.05, 4.69) is 18.4 Å². The molecule has 0 saturated carbocycles. The lowest BCUT2D eigenvalue weighted by Crippen LogP contribution is -1.94. The summed E-state index contributed by atoms with van der Waals surface area (Å²) in [7, 11) is 0. The predicted molar refractivity (Wildman–Crippen MR) is 86.3 cm³/mol. The van der Waals surface area contributed by atoms with E-state index in [-0.39, 0.29) is 0 Å². The Labute approximate surface area is 128 Å². The van der Waals surface area contributed by atoms with Crippen LogP contribution in [0.3, 0.4) is 0 Å². The smallest absolute Gasteiger partial charge is 0.127 e. The molecule has 0 fully saturated rings. The highest BCUT2D eigenvalue weighted by Gasteiger charge is 2.02. The molecule has 0 bridgehead atoms. The molecular weight excluding hydrogens is 280 g/mol. The Morgan fingerprint density at radius 3 is 2.14 bits per heavy atom. The number of rotatable bonds is 5. The number of ether oxygens (including phenoxy) is 2. The average Bonchev–Trinajstić information content (AvgIpc) is 2.93. The summed E-state index contributed by atoms with van der Waals surface area (Å²) in [5.74, 6) is 2.49. The van der Waals surface area contributed by atoms with Gasteiger partial charge in [-0.15, -0.1) is 11.3 Å². The van der Waals surface area contributed by atoms with Crippen molar-refractivity contribution in [2.24, 2.45) is 0 Å². The number of thiophene rings is 1. The molecule has 0 aliphatic rings. The van der Waals surface area contributed by atoms with Crippen molar-refractivity contribution in [3.8, 4) is 17.2 Å². The van der Waals surface area contributed by atoms with Gasteiger partial charge in [0, 0.05) is 4.88 Å². The average molecular weight is 296 g/mol. The Morgan fingerprint density at radius 1 is 0.810 bits per heavy atom. The molecule has 0 saturated heterocycles. The fraction of sp³-hybridized carbons (Fsp3) is 0.111. The molecule has 3 heteroatoms. The summed E-state index contributed by atoms with van der Waals surface area (Å²) in [6.45, 7) is 2.72. The molecule has 0 aliphatic carbocycles. The molecule has 0 amide bonds. The molecule has 3 rings (SSSR count). The third-order valence-corrected chi connectivity index (χ3v) is 4.14. The molecule has 2 aromatic carbocycles. The first-order valence-corrected chi connectivity index (χ1v) is 7.68. The number of hydrogen-bond donors (Lipinski definition) is 0. The van der Waals surface area contributed by atoms with Crippen LogP contribution in [0.4, 0.5) is 0 Å². The van der Waals surface area contributed by atoms with E-state index >= 15 is 0 Å². The minimum atomic E-state index is 0.613. The van der Waals surface area contributed by atoms with Gasteiger partial charge in [-0.3, -0.25) is 0 Å². The van der Waals surface area contributed by atoms with Crippen LogP contribution in [0.15, 0.2) is 66.0 Å². The van der Waals surface area contributed by atoms with Crippen molar-refractivity contribution in [1.82, 2.24) is 0 Å². The van der Waals surface area contributed by atoms with E-state index < -0.39 is 0 Å². The normalized spacial score (nSPS) is 10.3. The number of aryl methyl sites for hydroxylation is 1. The number of benzene rings is 2. The van der Waals surface area contributed by atoms with E-state index in [9.17, 15) is 0 Å². The van der Waals surface area contributed by atoms with E-state index in [1.807, 2.05) is 54.6 Å². The monoisotopic (exact) mass is 296 g/mol. The second-order valence-corrected chi connectivity index (χ2v) is 5.70. The van der Waals surface area contributed by atoms with Crippen LogP contribution in [0.1, 0.15) is 10.4 Å². The minimum absolute atomic E-state index is 0.613. The van der Waals surface area contributed by atoms with Gasteiger partial charge in [0.25, 0.3) is 0 Å². The van der Waals surface area contributed by atoms with Gasteiger partial charge in [-0.25, -0.2) is 0 Å². The topological polar surface area (TPSA) is 18.5 Å². The molecule has 0 spiro atoms. The third-order valence-electron chi connectivity index (χ3n) is 3.14. The lowest BCUT2D eigenvalue weighted by Gasteiger charge is -2.08. The first-order valence-electron chi connectivity index (χ1n) is 6.80. The van der Waals surface area contributed by atoms with Crippen LogP contribution in [-0.4, -0.2) is 0 Å². The lowest BCUT2D eigenvalue weighted by atomic mass is 10.3. The van der Waals surface area contributed by atoms with E-state index in [1.165, 1.54) is 10.4 Å². The molecule has 21 heavy (non-hydrogen) atoms. The fourth-order valence-corrected chi connectivity index (χ4v) is 2.75. The largest absolute Gasteiger partial charge is 0.488 e. The Kier molecular flexibility index (Phi) is 4.22. The summed E-state index contributed by atoms with van der Waals surface area (Å²) in [5.41, 5.74) is 1.28. The van der Waals surface area contributed by atoms with E-state index in [0.717, 1.165) is 17.2 Å². The maximum atomic E-state index is 5.79. The predicted octanol–water partition coefficient (Wildman–Crippen LogP) is 5.43. The van der Waals surface area contributed by atoms with Gasteiger partial charge in [-0.2, -0.15) is 0 Å². The molecule has 1 aromatic heterocycles. The molecule has 0 atom stereocenters. The van der Waals surface area contributed by atoms with Crippen molar-refractivity contribution in [1.29, 1.82) is 0 Å². The maximum Gasteiger partial charge on any atom is 0.127 e. The second-order valence-electron chi connectivity index (χ2n) is 4.70. The summed E-state index contributed by atoms with van der Waals surface area (Å²) in [4.78, 5) is 1.26. The molecule has 1 heterocycles. The van der Waals surface area contributed by atoms with Crippen molar-refractivity contribution in [2.45, 2.75) is 13.5 Å². The van der Waals surface area contributed by atoms with Crippen molar-refractivity contribution < 1.29 is 9.47 Å². The summed E-state index contributed by atoms with van der Waals surface area (Å²) in [5, 5.41) is 2.09. The van der Waals surface area contributed by atoms with Crippen LogP contribution in [0.2, 0.25) is 0 Å². The molecule has 0 radical (unpaired) electrons. The van der Waals surface area contributed by atoms with Gasteiger partial charge in [-0.1, -0.05) is 18.2 Å². The van der Waals surface area contributed by atoms with Gasteiger partial charge in [0.15, 0.2) is 0 Å². The Hall–Kier alpha value is -2.26. The van der Waals surface area contributed by atoms with Gasteiger partial charge in [-0.05, 0) is 60.3 Å². The van der Waals surface area contributed by atoms with Crippen molar-refractivity contribution in [3.05, 3.63) is 76.5 Å². The van der Waals surface area contributed by atoms with Crippen LogP contribution in [0, 0.1) is 6.92 Å². The van der Waals surface area contributed by atoms with Gasteiger partial charge in [0.2, 0.25) is 0 Å². The second kappa shape index (κ2) is 6.46. The zero-order valence-electron chi connectivity index (χ0n) is 11.8. The Balaban J connectivity index is 1.60. The molecular formula is C18H16O2S. The molecule has 0 aliphatic heterocycles. The number of hydrogen-bond acceptors (Lipinski definition) is 3. The zero-order chi connectivity index (χ0) is 14.5. The summed E-state index contributed by atoms with van der Waals surface area (Å²) >= 11 is 1.72. The first kappa shape index (κ1) is 13.7. The first-order chi connectivity index (χ1) is 10.3. The van der Waals surface area contributed by atoms with Crippen molar-refractivity contribution >= 4 is 11.3 Å². The third kappa shape index (κ3) is 3.64. The highest BCUT2D eigenvalue weighted by Crippen LogP contribution is 2.24. The lowest BCUT2D eigenvalue weighted by molar-refractivity contribution is 0.308. The molecule has 2 nitrogen and oxygen atoms in total. The summed E-state index contributed by atoms with van der Waals surface area (Å²) in [6.07, 6.45) is 0. The Bertz CT molecular complexity index is 687. The van der Waals surface area contributed by atoms with Gasteiger partial charge >= 0.3 is 0 Å². The standard InChI is InChI=1S/C18H16O2S/c1-14-11-12-21-18(14)13-19-15-7-9-17(10-8-15)20-16-5-3-2-4-6-16/h2-12H,13H2,1H3. The molecule has 106 valence electrons. The molecule has 0 unspecified atom stereocenters. The zero-order valence-corrected chi connectivity index (χ0v) is 12.6.